The van der Waals surface area contributed by atoms with E-state index in [1.807, 2.05) is 26.1 Å². The highest BCUT2D eigenvalue weighted by molar-refractivity contribution is 5.97. The number of carbonyl (C=O) groups is 2. The minimum atomic E-state index is -0.540. The van der Waals surface area contributed by atoms with Gasteiger partial charge in [-0.05, 0) is 38.1 Å². The fourth-order valence-corrected chi connectivity index (χ4v) is 1.46. The Hall–Kier alpha value is -2.04. The van der Waals surface area contributed by atoms with Crippen molar-refractivity contribution in [2.45, 2.75) is 19.9 Å². The summed E-state index contributed by atoms with van der Waals surface area (Å²) in [5.74, 6) is -0.436. The monoisotopic (exact) mass is 249 g/mol. The van der Waals surface area contributed by atoms with Crippen molar-refractivity contribution >= 4 is 17.5 Å². The molecule has 1 aromatic rings. The first kappa shape index (κ1) is 14.0. The predicted octanol–water partition coefficient (Wildman–Crippen LogP) is 0.983. The van der Waals surface area contributed by atoms with Gasteiger partial charge in [0.05, 0.1) is 0 Å². The fraction of sp³-hybridized carbons (Fsp3) is 0.385. The first-order chi connectivity index (χ1) is 8.58. The van der Waals surface area contributed by atoms with Gasteiger partial charge in [0.15, 0.2) is 0 Å². The van der Waals surface area contributed by atoms with Gasteiger partial charge in [0.1, 0.15) is 6.04 Å². The third-order valence-electron chi connectivity index (χ3n) is 2.53. The van der Waals surface area contributed by atoms with Crippen LogP contribution in [0.25, 0.3) is 0 Å². The molecule has 1 rings (SSSR count). The number of hydrogen-bond acceptors (Lipinski definition) is 3. The first-order valence-electron chi connectivity index (χ1n) is 5.94. The van der Waals surface area contributed by atoms with Crippen molar-refractivity contribution in [3.05, 3.63) is 29.8 Å². The number of carbonyl (C=O) groups excluding carboxylic acids is 2. The molecule has 0 aliphatic heterocycles. The summed E-state index contributed by atoms with van der Waals surface area (Å²) in [6.07, 6.45) is 0. The second-order valence-corrected chi connectivity index (χ2v) is 3.92. The Labute approximate surface area is 107 Å². The van der Waals surface area contributed by atoms with E-state index >= 15 is 0 Å². The van der Waals surface area contributed by atoms with E-state index in [9.17, 15) is 9.59 Å². The molecule has 0 heterocycles. The highest BCUT2D eigenvalue weighted by Crippen LogP contribution is 2.08. The number of nitrogens with one attached hydrogen (secondary N) is 3. The van der Waals surface area contributed by atoms with E-state index in [-0.39, 0.29) is 11.8 Å². The van der Waals surface area contributed by atoms with Crippen LogP contribution in [0.1, 0.15) is 24.2 Å². The molecule has 2 amide bonds. The molecular weight excluding hydrogens is 230 g/mol. The highest BCUT2D eigenvalue weighted by Gasteiger charge is 2.15. The van der Waals surface area contributed by atoms with Gasteiger partial charge in [-0.3, -0.25) is 9.59 Å². The quantitative estimate of drug-likeness (QED) is 0.728. The molecule has 0 aliphatic carbocycles. The van der Waals surface area contributed by atoms with Gasteiger partial charge in [-0.2, -0.15) is 0 Å². The van der Waals surface area contributed by atoms with E-state index < -0.39 is 6.04 Å². The molecule has 0 aromatic heterocycles. The van der Waals surface area contributed by atoms with Crippen molar-refractivity contribution < 1.29 is 9.59 Å². The maximum Gasteiger partial charge on any atom is 0.251 e. The fourth-order valence-electron chi connectivity index (χ4n) is 1.46. The summed E-state index contributed by atoms with van der Waals surface area (Å²) in [6.45, 7) is 4.05. The number of hydrogen-bond donors (Lipinski definition) is 3. The van der Waals surface area contributed by atoms with Crippen LogP contribution in [0.4, 0.5) is 5.69 Å². The zero-order valence-corrected chi connectivity index (χ0v) is 10.9. The normalized spacial score (nSPS) is 11.5. The van der Waals surface area contributed by atoms with Crippen molar-refractivity contribution in [2.24, 2.45) is 0 Å². The molecule has 3 N–H and O–H groups in total. The van der Waals surface area contributed by atoms with Crippen LogP contribution in [-0.4, -0.2) is 31.4 Å². The second-order valence-electron chi connectivity index (χ2n) is 3.92. The Morgan fingerprint density at radius 3 is 2.33 bits per heavy atom. The highest BCUT2D eigenvalue weighted by atomic mass is 16.2. The zero-order valence-electron chi connectivity index (χ0n) is 10.9. The largest absolute Gasteiger partial charge is 0.388 e. The van der Waals surface area contributed by atoms with E-state index in [1.165, 1.54) is 0 Å². The van der Waals surface area contributed by atoms with Crippen molar-refractivity contribution in [3.8, 4) is 0 Å². The van der Waals surface area contributed by atoms with Gasteiger partial charge in [-0.1, -0.05) is 0 Å². The van der Waals surface area contributed by atoms with Crippen LogP contribution in [0.3, 0.4) is 0 Å². The lowest BCUT2D eigenvalue weighted by molar-refractivity contribution is -0.122. The van der Waals surface area contributed by atoms with Gasteiger partial charge in [0.25, 0.3) is 5.91 Å². The molecule has 0 fully saturated rings. The molecule has 0 saturated carbocycles. The van der Waals surface area contributed by atoms with E-state index in [2.05, 4.69) is 16.0 Å². The smallest absolute Gasteiger partial charge is 0.251 e. The lowest BCUT2D eigenvalue weighted by atomic mass is 10.2. The van der Waals surface area contributed by atoms with E-state index in [0.717, 1.165) is 5.69 Å². The molecule has 0 bridgehead atoms. The van der Waals surface area contributed by atoms with Gasteiger partial charge in [-0.15, -0.1) is 0 Å². The molecule has 1 aromatic carbocycles. The maximum atomic E-state index is 11.9. The minimum absolute atomic E-state index is 0.183. The van der Waals surface area contributed by atoms with Crippen LogP contribution in [-0.2, 0) is 4.79 Å². The second kappa shape index (κ2) is 6.64. The number of anilines is 1. The maximum absolute atomic E-state index is 11.9. The van der Waals surface area contributed by atoms with Crippen molar-refractivity contribution in [2.75, 3.05) is 18.9 Å². The third-order valence-corrected chi connectivity index (χ3v) is 2.53. The summed E-state index contributed by atoms with van der Waals surface area (Å²) < 4.78 is 0. The average Bonchev–Trinajstić information content (AvgIpc) is 2.39. The van der Waals surface area contributed by atoms with Crippen LogP contribution in [0.5, 0.6) is 0 Å². The number of rotatable bonds is 5. The summed E-state index contributed by atoms with van der Waals surface area (Å²) in [6, 6.07) is 6.51. The number of amides is 2. The van der Waals surface area contributed by atoms with Crippen LogP contribution < -0.4 is 16.0 Å². The van der Waals surface area contributed by atoms with Crippen LogP contribution >= 0.6 is 0 Å². The number of benzene rings is 1. The lowest BCUT2D eigenvalue weighted by Gasteiger charge is -2.13. The zero-order chi connectivity index (χ0) is 13.5. The molecule has 1 unspecified atom stereocenters. The standard InChI is InChI=1S/C13H19N3O2/c1-4-15-12(17)9(2)16-13(18)10-5-7-11(14-3)8-6-10/h5-9,14H,4H2,1-3H3,(H,15,17)(H,16,18). The molecule has 0 saturated heterocycles. The summed E-state index contributed by atoms with van der Waals surface area (Å²) in [5.41, 5.74) is 1.47. The third kappa shape index (κ3) is 3.76. The molecule has 0 radical (unpaired) electrons. The van der Waals surface area contributed by atoms with Crippen molar-refractivity contribution in [1.29, 1.82) is 0 Å². The topological polar surface area (TPSA) is 70.2 Å². The summed E-state index contributed by atoms with van der Waals surface area (Å²) in [7, 11) is 1.81. The van der Waals surface area contributed by atoms with Gasteiger partial charge < -0.3 is 16.0 Å². The lowest BCUT2D eigenvalue weighted by Crippen LogP contribution is -2.44. The Morgan fingerprint density at radius 2 is 1.83 bits per heavy atom. The molecule has 98 valence electrons. The molecular formula is C13H19N3O2. The summed E-state index contributed by atoms with van der Waals surface area (Å²) >= 11 is 0. The van der Waals surface area contributed by atoms with Crippen LogP contribution in [0.2, 0.25) is 0 Å². The Morgan fingerprint density at radius 1 is 1.22 bits per heavy atom. The predicted molar refractivity (Wildman–Crippen MR) is 71.6 cm³/mol. The Bertz CT molecular complexity index is 415. The summed E-state index contributed by atoms with van der Waals surface area (Å²) in [4.78, 5) is 23.3. The van der Waals surface area contributed by atoms with E-state index in [1.54, 1.807) is 19.1 Å². The molecule has 5 nitrogen and oxygen atoms in total. The van der Waals surface area contributed by atoms with Gasteiger partial charge in [0.2, 0.25) is 5.91 Å². The van der Waals surface area contributed by atoms with Gasteiger partial charge >= 0.3 is 0 Å². The molecule has 18 heavy (non-hydrogen) atoms. The SMILES string of the molecule is CCNC(=O)C(C)NC(=O)c1ccc(NC)cc1. The van der Waals surface area contributed by atoms with Crippen molar-refractivity contribution in [3.63, 3.8) is 0 Å². The van der Waals surface area contributed by atoms with Gasteiger partial charge in [-0.25, -0.2) is 0 Å². The molecule has 5 heteroatoms. The van der Waals surface area contributed by atoms with Crippen LogP contribution in [0.15, 0.2) is 24.3 Å². The van der Waals surface area contributed by atoms with Crippen molar-refractivity contribution in [1.82, 2.24) is 10.6 Å². The number of likely N-dealkylation sites (N-methyl/N-ethyl adjacent to an activating group) is 1. The molecule has 0 spiro atoms. The van der Waals surface area contributed by atoms with E-state index in [0.29, 0.717) is 12.1 Å². The van der Waals surface area contributed by atoms with Gasteiger partial charge in [0, 0.05) is 24.8 Å². The Balaban J connectivity index is 2.61. The molecule has 1 atom stereocenters. The van der Waals surface area contributed by atoms with E-state index in [4.69, 9.17) is 0 Å². The Kier molecular flexibility index (Phi) is 5.17. The summed E-state index contributed by atoms with van der Waals surface area (Å²) in [5, 5.41) is 8.28. The minimum Gasteiger partial charge on any atom is -0.388 e. The first-order valence-corrected chi connectivity index (χ1v) is 5.94. The average molecular weight is 249 g/mol. The van der Waals surface area contributed by atoms with Crippen LogP contribution in [0, 0.1) is 0 Å². The molecule has 0 aliphatic rings.